The summed E-state index contributed by atoms with van der Waals surface area (Å²) >= 11 is 0. The lowest BCUT2D eigenvalue weighted by Gasteiger charge is -2.30. The Morgan fingerprint density at radius 2 is 2.05 bits per heavy atom. The van der Waals surface area contributed by atoms with Gasteiger partial charge in [0.25, 0.3) is 0 Å². The van der Waals surface area contributed by atoms with Gasteiger partial charge in [-0.25, -0.2) is 8.42 Å². The van der Waals surface area contributed by atoms with E-state index >= 15 is 0 Å². The number of nitrogens with zero attached hydrogens (tertiary/aromatic N) is 3. The van der Waals surface area contributed by atoms with Crippen LogP contribution in [0.2, 0.25) is 0 Å². The summed E-state index contributed by atoms with van der Waals surface area (Å²) in [4.78, 5) is 13.4. The van der Waals surface area contributed by atoms with Crippen LogP contribution < -0.4 is 5.73 Å². The quantitative estimate of drug-likeness (QED) is 0.591. The van der Waals surface area contributed by atoms with E-state index in [2.05, 4.69) is 4.98 Å². The predicted molar refractivity (Wildman–Crippen MR) is 78.2 cm³/mol. The van der Waals surface area contributed by atoms with E-state index in [0.717, 1.165) is 12.3 Å². The summed E-state index contributed by atoms with van der Waals surface area (Å²) in [5.74, 6) is -0.390. The molecule has 8 nitrogen and oxygen atoms in total. The molecule has 0 atom stereocenters. The molecular formula is C12H20N4O4S. The number of hydrogen-bond donors (Lipinski definition) is 1. The first kappa shape index (κ1) is 17.5. The number of nitro groups is 1. The SMILES string of the molecule is CCN(CC(C)(C)CN)S(=O)(=O)c1ccc([N+](=O)[O-])nc1. The first-order chi connectivity index (χ1) is 9.64. The molecular weight excluding hydrogens is 296 g/mol. The summed E-state index contributed by atoms with van der Waals surface area (Å²) in [7, 11) is -3.74. The molecule has 0 amide bonds. The normalized spacial score (nSPS) is 12.6. The maximum atomic E-state index is 12.5. The Kier molecular flexibility index (Phi) is 5.37. The lowest BCUT2D eigenvalue weighted by atomic mass is 9.94. The van der Waals surface area contributed by atoms with Crippen molar-refractivity contribution in [1.29, 1.82) is 0 Å². The maximum Gasteiger partial charge on any atom is 0.363 e. The fourth-order valence-electron chi connectivity index (χ4n) is 1.69. The van der Waals surface area contributed by atoms with Crippen molar-refractivity contribution in [2.45, 2.75) is 25.7 Å². The molecule has 2 N–H and O–H groups in total. The van der Waals surface area contributed by atoms with Crippen LogP contribution in [0.4, 0.5) is 5.82 Å². The second kappa shape index (κ2) is 6.46. The van der Waals surface area contributed by atoms with E-state index in [1.807, 2.05) is 13.8 Å². The Hall–Kier alpha value is -1.58. The van der Waals surface area contributed by atoms with Gasteiger partial charge in [-0.1, -0.05) is 20.8 Å². The Bertz CT molecular complexity index is 598. The van der Waals surface area contributed by atoms with Crippen LogP contribution in [0, 0.1) is 15.5 Å². The van der Waals surface area contributed by atoms with Crippen molar-refractivity contribution in [1.82, 2.24) is 9.29 Å². The molecule has 1 heterocycles. The summed E-state index contributed by atoms with van der Waals surface area (Å²) < 4.78 is 26.3. The first-order valence-corrected chi connectivity index (χ1v) is 7.88. The molecule has 21 heavy (non-hydrogen) atoms. The van der Waals surface area contributed by atoms with Crippen LogP contribution in [0.3, 0.4) is 0 Å². The highest BCUT2D eigenvalue weighted by Crippen LogP contribution is 2.22. The Morgan fingerprint density at radius 3 is 2.43 bits per heavy atom. The van der Waals surface area contributed by atoms with Crippen molar-refractivity contribution in [3.05, 3.63) is 28.4 Å². The number of nitrogens with two attached hydrogens (primary N) is 1. The highest BCUT2D eigenvalue weighted by Gasteiger charge is 2.30. The predicted octanol–water partition coefficient (Wildman–Crippen LogP) is 0.985. The van der Waals surface area contributed by atoms with Crippen molar-refractivity contribution < 1.29 is 13.3 Å². The number of sulfonamides is 1. The molecule has 0 saturated carbocycles. The lowest BCUT2D eigenvalue weighted by molar-refractivity contribution is -0.389. The fourth-order valence-corrected chi connectivity index (χ4v) is 3.27. The summed E-state index contributed by atoms with van der Waals surface area (Å²) in [6.45, 7) is 6.36. The average Bonchev–Trinajstić information content (AvgIpc) is 2.44. The molecule has 118 valence electrons. The van der Waals surface area contributed by atoms with Crippen molar-refractivity contribution >= 4 is 15.8 Å². The van der Waals surface area contributed by atoms with Gasteiger partial charge in [-0.15, -0.1) is 0 Å². The van der Waals surface area contributed by atoms with E-state index in [9.17, 15) is 18.5 Å². The van der Waals surface area contributed by atoms with Crippen LogP contribution in [-0.2, 0) is 10.0 Å². The van der Waals surface area contributed by atoms with E-state index in [4.69, 9.17) is 5.73 Å². The third-order valence-electron chi connectivity index (χ3n) is 3.06. The zero-order chi connectivity index (χ0) is 16.3. The third-order valence-corrected chi connectivity index (χ3v) is 4.96. The molecule has 1 rings (SSSR count). The lowest BCUT2D eigenvalue weighted by Crippen LogP contribution is -2.41. The molecule has 0 radical (unpaired) electrons. The smallest absolute Gasteiger partial charge is 0.358 e. The Balaban J connectivity index is 3.10. The van der Waals surface area contributed by atoms with E-state index in [-0.39, 0.29) is 29.2 Å². The highest BCUT2D eigenvalue weighted by molar-refractivity contribution is 7.89. The van der Waals surface area contributed by atoms with Gasteiger partial charge < -0.3 is 15.8 Å². The van der Waals surface area contributed by atoms with Gasteiger partial charge in [0, 0.05) is 19.2 Å². The first-order valence-electron chi connectivity index (χ1n) is 6.44. The second-order valence-electron chi connectivity index (χ2n) is 5.41. The molecule has 0 aliphatic carbocycles. The summed E-state index contributed by atoms with van der Waals surface area (Å²) in [5, 5.41) is 10.5. The van der Waals surface area contributed by atoms with Crippen molar-refractivity contribution in [2.75, 3.05) is 19.6 Å². The largest absolute Gasteiger partial charge is 0.363 e. The number of aromatic nitrogens is 1. The topological polar surface area (TPSA) is 119 Å². The molecule has 9 heteroatoms. The summed E-state index contributed by atoms with van der Waals surface area (Å²) in [5.41, 5.74) is 5.27. The monoisotopic (exact) mass is 316 g/mol. The Labute approximate surface area is 124 Å². The van der Waals surface area contributed by atoms with E-state index in [0.29, 0.717) is 6.54 Å². The van der Waals surface area contributed by atoms with Gasteiger partial charge in [-0.05, 0) is 27.9 Å². The minimum absolute atomic E-state index is 0.0669. The van der Waals surface area contributed by atoms with Gasteiger partial charge in [-0.2, -0.15) is 4.31 Å². The summed E-state index contributed by atoms with van der Waals surface area (Å²) in [6.07, 6.45) is 1.01. The average molecular weight is 316 g/mol. The van der Waals surface area contributed by atoms with Crippen LogP contribution in [0.15, 0.2) is 23.2 Å². The van der Waals surface area contributed by atoms with Gasteiger partial charge >= 0.3 is 5.82 Å². The molecule has 0 saturated heterocycles. The van der Waals surface area contributed by atoms with Gasteiger partial charge in [0.05, 0.1) is 0 Å². The molecule has 0 fully saturated rings. The van der Waals surface area contributed by atoms with Crippen LogP contribution >= 0.6 is 0 Å². The zero-order valence-electron chi connectivity index (χ0n) is 12.3. The van der Waals surface area contributed by atoms with Crippen LogP contribution in [0.1, 0.15) is 20.8 Å². The molecule has 0 aliphatic heterocycles. The van der Waals surface area contributed by atoms with Crippen molar-refractivity contribution in [3.63, 3.8) is 0 Å². The molecule has 0 bridgehead atoms. The number of rotatable bonds is 7. The molecule has 0 aromatic carbocycles. The van der Waals surface area contributed by atoms with Gasteiger partial charge in [-0.3, -0.25) is 0 Å². The van der Waals surface area contributed by atoms with Crippen molar-refractivity contribution in [3.8, 4) is 0 Å². The van der Waals surface area contributed by atoms with Crippen LogP contribution in [0.25, 0.3) is 0 Å². The maximum absolute atomic E-state index is 12.5. The highest BCUT2D eigenvalue weighted by atomic mass is 32.2. The molecule has 1 aromatic rings. The third kappa shape index (κ3) is 4.19. The standard InChI is InChI=1S/C12H20N4O4S/c1-4-15(9-12(2,3)8-13)21(19,20)10-5-6-11(14-7-10)16(17)18/h5-7H,4,8-9,13H2,1-3H3. The number of pyridine rings is 1. The van der Waals surface area contributed by atoms with Crippen molar-refractivity contribution in [2.24, 2.45) is 11.1 Å². The second-order valence-corrected chi connectivity index (χ2v) is 7.35. The molecule has 0 spiro atoms. The van der Waals surface area contributed by atoms with Crippen LogP contribution in [-0.4, -0.2) is 42.3 Å². The molecule has 0 aliphatic rings. The van der Waals surface area contributed by atoms with Gasteiger partial charge in [0.15, 0.2) is 6.20 Å². The van der Waals surface area contributed by atoms with Crippen LogP contribution in [0.5, 0.6) is 0 Å². The minimum Gasteiger partial charge on any atom is -0.358 e. The fraction of sp³-hybridized carbons (Fsp3) is 0.583. The molecule has 1 aromatic heterocycles. The van der Waals surface area contributed by atoms with Gasteiger partial charge in [0.2, 0.25) is 10.0 Å². The van der Waals surface area contributed by atoms with E-state index in [1.165, 1.54) is 10.4 Å². The number of hydrogen-bond acceptors (Lipinski definition) is 6. The van der Waals surface area contributed by atoms with E-state index < -0.39 is 14.9 Å². The van der Waals surface area contributed by atoms with E-state index in [1.54, 1.807) is 6.92 Å². The van der Waals surface area contributed by atoms with Gasteiger partial charge in [0.1, 0.15) is 4.90 Å². The summed E-state index contributed by atoms with van der Waals surface area (Å²) in [6, 6.07) is 2.27. The Morgan fingerprint density at radius 1 is 1.43 bits per heavy atom. The molecule has 0 unspecified atom stereocenters. The minimum atomic E-state index is -3.74. The zero-order valence-corrected chi connectivity index (χ0v) is 13.1.